The average molecular weight is 389 g/mol. The van der Waals surface area contributed by atoms with Gasteiger partial charge in [-0.3, -0.25) is 19.5 Å². The molecule has 0 unspecified atom stereocenters. The molecule has 0 atom stereocenters. The number of hydrogen-bond acceptors (Lipinski definition) is 12. The van der Waals surface area contributed by atoms with E-state index in [1.165, 1.54) is 4.90 Å². The van der Waals surface area contributed by atoms with Crippen molar-refractivity contribution in [3.63, 3.8) is 0 Å². The van der Waals surface area contributed by atoms with Crippen molar-refractivity contribution in [3.05, 3.63) is 0 Å². The number of hydrogen-bond donors (Lipinski definition) is 1. The van der Waals surface area contributed by atoms with Crippen molar-refractivity contribution in [1.29, 1.82) is 0 Å². The summed E-state index contributed by atoms with van der Waals surface area (Å²) in [6.07, 6.45) is 0. The largest absolute Gasteiger partial charge is 0.549 e. The SMILES string of the molecule is O=C([O-])CN(CCN(CCN(CC(=O)[O-])CC(=O)[O-])CC(=O)O)CC(=O)[O-]. The molecule has 0 aromatic carbocycles. The maximum absolute atomic E-state index is 10.9. The van der Waals surface area contributed by atoms with Crippen LogP contribution in [0.1, 0.15) is 0 Å². The Kier molecular flexibility index (Phi) is 11.3. The van der Waals surface area contributed by atoms with Gasteiger partial charge in [-0.05, 0) is 0 Å². The molecule has 154 valence electrons. The maximum Gasteiger partial charge on any atom is 0.317 e. The molecule has 0 aliphatic carbocycles. The van der Waals surface area contributed by atoms with Gasteiger partial charge in [-0.15, -0.1) is 0 Å². The summed E-state index contributed by atoms with van der Waals surface area (Å²) < 4.78 is 0. The van der Waals surface area contributed by atoms with Gasteiger partial charge in [0.2, 0.25) is 0 Å². The first-order chi connectivity index (χ1) is 12.5. The van der Waals surface area contributed by atoms with Crippen molar-refractivity contribution in [2.24, 2.45) is 0 Å². The normalized spacial score (nSPS) is 11.1. The van der Waals surface area contributed by atoms with Gasteiger partial charge in [0.25, 0.3) is 0 Å². The van der Waals surface area contributed by atoms with E-state index in [1.54, 1.807) is 0 Å². The summed E-state index contributed by atoms with van der Waals surface area (Å²) in [7, 11) is 0. The monoisotopic (exact) mass is 389 g/mol. The molecule has 13 nitrogen and oxygen atoms in total. The summed E-state index contributed by atoms with van der Waals surface area (Å²) in [5, 5.41) is 51.4. The lowest BCUT2D eigenvalue weighted by atomic mass is 10.3. The van der Waals surface area contributed by atoms with Crippen molar-refractivity contribution >= 4 is 29.8 Å². The molecule has 0 heterocycles. The number of carbonyl (C=O) groups excluding carboxylic acids is 4. The van der Waals surface area contributed by atoms with Gasteiger partial charge in [0.1, 0.15) is 0 Å². The van der Waals surface area contributed by atoms with E-state index in [-0.39, 0.29) is 26.2 Å². The third-order valence-corrected chi connectivity index (χ3v) is 3.23. The van der Waals surface area contributed by atoms with E-state index >= 15 is 0 Å². The topological polar surface area (TPSA) is 208 Å². The molecule has 1 N–H and O–H groups in total. The molecule has 0 aromatic rings. The van der Waals surface area contributed by atoms with Crippen LogP contribution in [-0.4, -0.2) is 109 Å². The highest BCUT2D eigenvalue weighted by Gasteiger charge is 2.15. The summed E-state index contributed by atoms with van der Waals surface area (Å²) in [5.41, 5.74) is 0. The number of carbonyl (C=O) groups is 5. The number of nitrogens with zero attached hydrogens (tertiary/aromatic N) is 3. The maximum atomic E-state index is 10.9. The van der Waals surface area contributed by atoms with Gasteiger partial charge >= 0.3 is 5.97 Å². The predicted molar refractivity (Wildman–Crippen MR) is 77.0 cm³/mol. The lowest BCUT2D eigenvalue weighted by Crippen LogP contribution is -2.49. The van der Waals surface area contributed by atoms with Crippen molar-refractivity contribution in [3.8, 4) is 0 Å². The van der Waals surface area contributed by atoms with Crippen molar-refractivity contribution in [2.75, 3.05) is 58.9 Å². The van der Waals surface area contributed by atoms with Gasteiger partial charge in [0.15, 0.2) is 0 Å². The predicted octanol–water partition coefficient (Wildman–Crippen LogP) is -8.02. The highest BCUT2D eigenvalue weighted by atomic mass is 16.4. The molecule has 0 saturated heterocycles. The Morgan fingerprint density at radius 1 is 0.519 bits per heavy atom. The highest BCUT2D eigenvalue weighted by Crippen LogP contribution is 1.96. The Morgan fingerprint density at radius 3 is 1.00 bits per heavy atom. The summed E-state index contributed by atoms with van der Waals surface area (Å²) >= 11 is 0. The molecule has 0 fully saturated rings. The van der Waals surface area contributed by atoms with Crippen LogP contribution in [0.4, 0.5) is 0 Å². The molecule has 0 rings (SSSR count). The fourth-order valence-electron chi connectivity index (χ4n) is 2.19. The Bertz CT molecular complexity index is 481. The quantitative estimate of drug-likeness (QED) is 0.260. The zero-order valence-electron chi connectivity index (χ0n) is 14.3. The number of aliphatic carboxylic acids is 5. The molecule has 0 spiro atoms. The Morgan fingerprint density at radius 2 is 0.778 bits per heavy atom. The number of carboxylic acids is 5. The fraction of sp³-hybridized carbons (Fsp3) is 0.643. The van der Waals surface area contributed by atoms with Gasteiger partial charge in [-0.25, -0.2) is 0 Å². The molecule has 0 radical (unpaired) electrons. The van der Waals surface area contributed by atoms with Gasteiger partial charge < -0.3 is 44.7 Å². The minimum absolute atomic E-state index is 0.0860. The van der Waals surface area contributed by atoms with Crippen LogP contribution in [-0.2, 0) is 24.0 Å². The minimum Gasteiger partial charge on any atom is -0.549 e. The van der Waals surface area contributed by atoms with E-state index in [4.69, 9.17) is 5.11 Å². The van der Waals surface area contributed by atoms with Gasteiger partial charge in [-0.1, -0.05) is 0 Å². The minimum atomic E-state index is -1.53. The van der Waals surface area contributed by atoms with E-state index in [9.17, 15) is 44.4 Å². The van der Waals surface area contributed by atoms with Crippen LogP contribution in [0.15, 0.2) is 0 Å². The Labute approximate surface area is 154 Å². The van der Waals surface area contributed by atoms with Crippen molar-refractivity contribution in [1.82, 2.24) is 14.7 Å². The smallest absolute Gasteiger partial charge is 0.317 e. The molecule has 0 aromatic heterocycles. The van der Waals surface area contributed by atoms with Gasteiger partial charge in [0, 0.05) is 52.4 Å². The first-order valence-electron chi connectivity index (χ1n) is 7.67. The van der Waals surface area contributed by atoms with Crippen LogP contribution in [0.25, 0.3) is 0 Å². The Balaban J connectivity index is 4.85. The molecule has 0 saturated carbocycles. The first kappa shape index (κ1) is 24.2. The van der Waals surface area contributed by atoms with E-state index in [1.807, 2.05) is 0 Å². The second-order valence-electron chi connectivity index (χ2n) is 5.58. The molecule has 0 amide bonds. The molecule has 0 aliphatic rings. The van der Waals surface area contributed by atoms with Gasteiger partial charge in [-0.2, -0.15) is 0 Å². The third-order valence-electron chi connectivity index (χ3n) is 3.23. The van der Waals surface area contributed by atoms with Crippen LogP contribution < -0.4 is 20.4 Å². The fourth-order valence-corrected chi connectivity index (χ4v) is 2.19. The molecular weight excluding hydrogens is 370 g/mol. The van der Waals surface area contributed by atoms with E-state index in [2.05, 4.69) is 0 Å². The van der Waals surface area contributed by atoms with E-state index < -0.39 is 62.6 Å². The van der Waals surface area contributed by atoms with Crippen molar-refractivity contribution in [2.45, 2.75) is 0 Å². The van der Waals surface area contributed by atoms with Crippen LogP contribution >= 0.6 is 0 Å². The van der Waals surface area contributed by atoms with E-state index in [0.29, 0.717) is 0 Å². The average Bonchev–Trinajstić information content (AvgIpc) is 2.46. The lowest BCUT2D eigenvalue weighted by molar-refractivity contribution is -0.312. The van der Waals surface area contributed by atoms with Crippen LogP contribution in [0.3, 0.4) is 0 Å². The highest BCUT2D eigenvalue weighted by molar-refractivity contribution is 5.71. The standard InChI is InChI=1S/C14H23N3O10/c18-10(19)5-15(1-3-16(6-11(20)21)7-12(22)23)2-4-17(8-13(24)25)9-14(26)27/h1-9H2,(H,18,19)(H,20,21)(H,22,23)(H,24,25)(H,26,27)/p-4. The molecule has 0 bridgehead atoms. The lowest BCUT2D eigenvalue weighted by Gasteiger charge is -2.29. The Hall–Kier alpha value is -2.77. The van der Waals surface area contributed by atoms with Crippen molar-refractivity contribution < 1.29 is 49.5 Å². The summed E-state index contributed by atoms with van der Waals surface area (Å²) in [5.74, 6) is -7.37. The second-order valence-corrected chi connectivity index (χ2v) is 5.58. The van der Waals surface area contributed by atoms with Crippen LogP contribution in [0.2, 0.25) is 0 Å². The first-order valence-corrected chi connectivity index (χ1v) is 7.67. The van der Waals surface area contributed by atoms with Crippen LogP contribution in [0.5, 0.6) is 0 Å². The molecule has 27 heavy (non-hydrogen) atoms. The molecule has 0 aliphatic heterocycles. The molecule has 13 heteroatoms. The zero-order valence-corrected chi connectivity index (χ0v) is 14.3. The summed E-state index contributed by atoms with van der Waals surface area (Å²) in [4.78, 5) is 56.6. The van der Waals surface area contributed by atoms with Gasteiger partial charge in [0.05, 0.1) is 30.4 Å². The van der Waals surface area contributed by atoms with Crippen LogP contribution in [0, 0.1) is 0 Å². The molecular formula is C14H19N3O10-4. The number of carboxylic acid groups (broad SMARTS) is 5. The zero-order chi connectivity index (χ0) is 21.0. The second kappa shape index (κ2) is 12.6. The third kappa shape index (κ3) is 14.1. The summed E-state index contributed by atoms with van der Waals surface area (Å²) in [6, 6.07) is 0. The number of rotatable bonds is 16. The summed E-state index contributed by atoms with van der Waals surface area (Å²) in [6.45, 7) is -3.85. The van der Waals surface area contributed by atoms with E-state index in [0.717, 1.165) is 9.80 Å².